The zero-order valence-corrected chi connectivity index (χ0v) is 9.21. The first-order valence-corrected chi connectivity index (χ1v) is 5.05. The molecule has 0 saturated heterocycles. The Bertz CT molecular complexity index is 241. The van der Waals surface area contributed by atoms with E-state index in [1.54, 1.807) is 0 Å². The Labute approximate surface area is 83.7 Å². The zero-order valence-electron chi connectivity index (χ0n) is 8.21. The second-order valence-corrected chi connectivity index (χ2v) is 3.88. The largest absolute Gasteiger partial charge is 0.540 e. The summed E-state index contributed by atoms with van der Waals surface area (Å²) in [7, 11) is 2.99. The highest BCUT2D eigenvalue weighted by atomic mass is 28.2. The van der Waals surface area contributed by atoms with Crippen molar-refractivity contribution in [3.05, 3.63) is 29.8 Å². The summed E-state index contributed by atoms with van der Waals surface area (Å²) in [5, 5.41) is 0. The second kappa shape index (κ2) is 5.07. The van der Waals surface area contributed by atoms with Crippen molar-refractivity contribution in [2.75, 3.05) is 0 Å². The van der Waals surface area contributed by atoms with Gasteiger partial charge >= 0.3 is 10.5 Å². The number of rotatable bonds is 4. The highest BCUT2D eigenvalue weighted by molar-refractivity contribution is 5.99. The fourth-order valence-electron chi connectivity index (χ4n) is 1.18. The minimum Gasteiger partial charge on any atom is -0.540 e. The Morgan fingerprint density at radius 3 is 2.31 bits per heavy atom. The van der Waals surface area contributed by atoms with E-state index in [-0.39, 0.29) is 0 Å². The third-order valence-corrected chi connectivity index (χ3v) is 2.29. The molecule has 0 aliphatic heterocycles. The van der Waals surface area contributed by atoms with Crippen LogP contribution >= 0.6 is 0 Å². The van der Waals surface area contributed by atoms with Crippen molar-refractivity contribution in [3.63, 3.8) is 0 Å². The van der Waals surface area contributed by atoms with E-state index in [4.69, 9.17) is 4.43 Å². The van der Waals surface area contributed by atoms with Gasteiger partial charge in [0.1, 0.15) is 5.75 Å². The lowest BCUT2D eigenvalue weighted by atomic mass is 10.0. The first-order chi connectivity index (χ1) is 6.22. The Morgan fingerprint density at radius 1 is 1.23 bits per heavy atom. The molecule has 13 heavy (non-hydrogen) atoms. The van der Waals surface area contributed by atoms with Crippen LogP contribution in [0.2, 0.25) is 0 Å². The van der Waals surface area contributed by atoms with Crippen molar-refractivity contribution in [2.24, 2.45) is 5.92 Å². The maximum Gasteiger partial charge on any atom is 0.341 e. The van der Waals surface area contributed by atoms with Crippen LogP contribution in [0.15, 0.2) is 24.3 Å². The lowest BCUT2D eigenvalue weighted by Gasteiger charge is -2.05. The van der Waals surface area contributed by atoms with Crippen LogP contribution < -0.4 is 4.43 Å². The minimum atomic E-state index is 0.770. The summed E-state index contributed by atoms with van der Waals surface area (Å²) in [5.74, 6) is 1.62. The van der Waals surface area contributed by atoms with E-state index in [2.05, 4.69) is 36.5 Å². The van der Waals surface area contributed by atoms with Gasteiger partial charge in [0.2, 0.25) is 0 Å². The third-order valence-electron chi connectivity index (χ3n) is 2.05. The van der Waals surface area contributed by atoms with E-state index < -0.39 is 0 Å². The molecule has 1 rings (SSSR count). The first-order valence-electron chi connectivity index (χ1n) is 4.65. The van der Waals surface area contributed by atoms with Crippen LogP contribution in [0.25, 0.3) is 0 Å². The fraction of sp³-hybridized carbons (Fsp3) is 0.455. The van der Waals surface area contributed by atoms with E-state index in [9.17, 15) is 0 Å². The van der Waals surface area contributed by atoms with Crippen LogP contribution in [0.5, 0.6) is 5.75 Å². The van der Waals surface area contributed by atoms with E-state index >= 15 is 0 Å². The summed E-state index contributed by atoms with van der Waals surface area (Å²) >= 11 is 0. The monoisotopic (exact) mass is 191 g/mol. The molecular formula is C11H15OSi. The molecule has 0 aromatic heterocycles. The summed E-state index contributed by atoms with van der Waals surface area (Å²) < 4.78 is 4.90. The standard InChI is InChI=1S/C11H15OSi/c1-9(2)3-4-10-5-7-11(12-13)8-6-10/h5-9H,3-4H2,1-2H3. The Morgan fingerprint density at radius 2 is 1.85 bits per heavy atom. The van der Waals surface area contributed by atoms with Crippen molar-refractivity contribution in [2.45, 2.75) is 26.7 Å². The van der Waals surface area contributed by atoms with Crippen LogP contribution in [-0.4, -0.2) is 10.5 Å². The van der Waals surface area contributed by atoms with Crippen molar-refractivity contribution in [3.8, 4) is 5.75 Å². The Kier molecular flexibility index (Phi) is 4.03. The average molecular weight is 191 g/mol. The molecule has 0 N–H and O–H groups in total. The molecule has 0 heterocycles. The quantitative estimate of drug-likeness (QED) is 0.665. The number of hydrogen-bond donors (Lipinski definition) is 0. The Balaban J connectivity index is 2.49. The molecule has 0 saturated carbocycles. The van der Waals surface area contributed by atoms with Gasteiger partial charge in [-0.1, -0.05) is 26.0 Å². The van der Waals surface area contributed by atoms with Gasteiger partial charge in [0.25, 0.3) is 0 Å². The van der Waals surface area contributed by atoms with Crippen LogP contribution in [0.1, 0.15) is 25.8 Å². The molecule has 0 atom stereocenters. The molecule has 0 unspecified atom stereocenters. The molecule has 2 heteroatoms. The number of hydrogen-bond acceptors (Lipinski definition) is 1. The second-order valence-electron chi connectivity index (χ2n) is 3.68. The highest BCUT2D eigenvalue weighted by Gasteiger charge is 1.97. The molecule has 0 spiro atoms. The van der Waals surface area contributed by atoms with Crippen LogP contribution in [0.3, 0.4) is 0 Å². The number of aryl methyl sites for hydroxylation is 1. The van der Waals surface area contributed by atoms with Crippen molar-refractivity contribution in [1.82, 2.24) is 0 Å². The molecular weight excluding hydrogens is 176 g/mol. The molecule has 0 fully saturated rings. The van der Waals surface area contributed by atoms with Crippen molar-refractivity contribution in [1.29, 1.82) is 0 Å². The van der Waals surface area contributed by atoms with Gasteiger partial charge in [0, 0.05) is 0 Å². The van der Waals surface area contributed by atoms with Crippen LogP contribution in [0.4, 0.5) is 0 Å². The first kappa shape index (κ1) is 10.3. The van der Waals surface area contributed by atoms with Crippen LogP contribution in [-0.2, 0) is 6.42 Å². The fourth-order valence-corrected chi connectivity index (χ4v) is 1.32. The van der Waals surface area contributed by atoms with Gasteiger partial charge < -0.3 is 4.43 Å². The third kappa shape index (κ3) is 3.64. The summed E-state index contributed by atoms with van der Waals surface area (Å²) in [4.78, 5) is 0. The molecule has 69 valence electrons. The zero-order chi connectivity index (χ0) is 9.68. The van der Waals surface area contributed by atoms with E-state index in [0.29, 0.717) is 0 Å². The summed E-state index contributed by atoms with van der Waals surface area (Å²) in [6.07, 6.45) is 2.40. The SMILES string of the molecule is CC(C)CCc1ccc(O[Si])cc1. The van der Waals surface area contributed by atoms with Crippen molar-refractivity contribution >= 4 is 10.5 Å². The van der Waals surface area contributed by atoms with Gasteiger partial charge in [-0.15, -0.1) is 0 Å². The lowest BCUT2D eigenvalue weighted by Crippen LogP contribution is -1.92. The smallest absolute Gasteiger partial charge is 0.341 e. The maximum atomic E-state index is 4.90. The molecule has 0 bridgehead atoms. The molecule has 1 aromatic carbocycles. The average Bonchev–Trinajstić information content (AvgIpc) is 2.15. The van der Waals surface area contributed by atoms with Gasteiger partial charge in [-0.05, 0) is 36.5 Å². The van der Waals surface area contributed by atoms with Crippen molar-refractivity contribution < 1.29 is 4.43 Å². The highest BCUT2D eigenvalue weighted by Crippen LogP contribution is 2.14. The summed E-state index contributed by atoms with van der Waals surface area (Å²) in [6, 6.07) is 8.17. The van der Waals surface area contributed by atoms with Gasteiger partial charge in [-0.3, -0.25) is 0 Å². The van der Waals surface area contributed by atoms with Gasteiger partial charge in [0.15, 0.2) is 0 Å². The lowest BCUT2D eigenvalue weighted by molar-refractivity contribution is 0.585. The molecule has 0 amide bonds. The number of benzene rings is 1. The normalized spacial score (nSPS) is 10.5. The van der Waals surface area contributed by atoms with E-state index in [1.165, 1.54) is 12.0 Å². The van der Waals surface area contributed by atoms with E-state index in [0.717, 1.165) is 18.1 Å². The van der Waals surface area contributed by atoms with Crippen LogP contribution in [0, 0.1) is 5.92 Å². The van der Waals surface area contributed by atoms with Gasteiger partial charge in [-0.2, -0.15) is 0 Å². The molecule has 1 nitrogen and oxygen atoms in total. The van der Waals surface area contributed by atoms with E-state index in [1.807, 2.05) is 12.1 Å². The summed E-state index contributed by atoms with van der Waals surface area (Å²) in [5.41, 5.74) is 1.38. The van der Waals surface area contributed by atoms with Gasteiger partial charge in [-0.25, -0.2) is 0 Å². The molecule has 0 aliphatic rings. The predicted molar refractivity (Wildman–Crippen MR) is 56.0 cm³/mol. The maximum absolute atomic E-state index is 4.90. The topological polar surface area (TPSA) is 9.23 Å². The summed E-state index contributed by atoms with van der Waals surface area (Å²) in [6.45, 7) is 4.49. The minimum absolute atomic E-state index is 0.770. The Hall–Kier alpha value is -0.763. The molecule has 3 radical (unpaired) electrons. The predicted octanol–water partition coefficient (Wildman–Crippen LogP) is 2.74. The molecule has 1 aromatic rings. The molecule has 0 aliphatic carbocycles. The van der Waals surface area contributed by atoms with Gasteiger partial charge in [0.05, 0.1) is 0 Å².